The highest BCUT2D eigenvalue weighted by molar-refractivity contribution is 5.79. The zero-order valence-electron chi connectivity index (χ0n) is 19.0. The molecule has 2 aliphatic rings. The molecule has 6 heteroatoms. The summed E-state index contributed by atoms with van der Waals surface area (Å²) in [6.07, 6.45) is 6.97. The number of aliphatic imine (C=N–C) groups is 1. The van der Waals surface area contributed by atoms with Crippen LogP contribution in [0.1, 0.15) is 57.1 Å². The molecular weight excluding hydrogens is 376 g/mol. The Labute approximate surface area is 182 Å². The topological polar surface area (TPSA) is 66.9 Å². The lowest BCUT2D eigenvalue weighted by Gasteiger charge is -2.43. The van der Waals surface area contributed by atoms with Crippen LogP contribution in [0, 0.1) is 5.41 Å². The van der Waals surface area contributed by atoms with Gasteiger partial charge in [0.25, 0.3) is 0 Å². The van der Waals surface area contributed by atoms with Gasteiger partial charge in [-0.15, -0.1) is 0 Å². The van der Waals surface area contributed by atoms with Gasteiger partial charge in [0.2, 0.25) is 0 Å². The van der Waals surface area contributed by atoms with Crippen molar-refractivity contribution in [1.29, 1.82) is 0 Å². The first-order valence-electron chi connectivity index (χ1n) is 11.4. The first-order valence-corrected chi connectivity index (χ1v) is 11.4. The second kappa shape index (κ2) is 11.1. The second-order valence-electron chi connectivity index (χ2n) is 9.05. The number of nitrogens with zero attached hydrogens (tertiary/aromatic N) is 1. The van der Waals surface area contributed by atoms with Gasteiger partial charge in [-0.2, -0.15) is 0 Å². The minimum Gasteiger partial charge on any atom is -0.385 e. The molecule has 1 saturated carbocycles. The SMILES string of the molecule is CN=C(NCC1(CCOC)CCC1)NCC1(NC(C)c2ccccc2)CCOCC1. The summed E-state index contributed by atoms with van der Waals surface area (Å²) >= 11 is 0. The summed E-state index contributed by atoms with van der Waals surface area (Å²) in [7, 11) is 3.64. The molecular formula is C24H40N4O2. The van der Waals surface area contributed by atoms with E-state index in [9.17, 15) is 0 Å². The fourth-order valence-corrected chi connectivity index (χ4v) is 4.67. The molecule has 30 heavy (non-hydrogen) atoms. The Hall–Kier alpha value is -1.63. The Balaban J connectivity index is 1.56. The molecule has 0 radical (unpaired) electrons. The maximum absolute atomic E-state index is 5.67. The molecule has 2 fully saturated rings. The van der Waals surface area contributed by atoms with Crippen molar-refractivity contribution in [2.75, 3.05) is 47.1 Å². The van der Waals surface area contributed by atoms with Crippen molar-refractivity contribution in [3.8, 4) is 0 Å². The molecule has 0 aromatic heterocycles. The summed E-state index contributed by atoms with van der Waals surface area (Å²) in [5.74, 6) is 0.888. The van der Waals surface area contributed by atoms with Gasteiger partial charge in [0, 0.05) is 58.6 Å². The fourth-order valence-electron chi connectivity index (χ4n) is 4.67. The summed E-state index contributed by atoms with van der Waals surface area (Å²) in [5.41, 5.74) is 1.68. The predicted molar refractivity (Wildman–Crippen MR) is 123 cm³/mol. The molecule has 0 bridgehead atoms. The summed E-state index contributed by atoms with van der Waals surface area (Å²) in [6.45, 7) is 6.46. The standard InChI is InChI=1S/C24H40N4O2/c1-20(21-8-5-4-6-9-21)28-24(13-16-30-17-14-24)19-27-22(25-2)26-18-23(10-7-11-23)12-15-29-3/h4-6,8-9,20,28H,7,10-19H2,1-3H3,(H2,25,26,27). The van der Waals surface area contributed by atoms with Gasteiger partial charge in [-0.05, 0) is 50.0 Å². The minimum atomic E-state index is -0.00463. The van der Waals surface area contributed by atoms with Crippen molar-refractivity contribution in [2.45, 2.75) is 57.0 Å². The molecule has 3 N–H and O–H groups in total. The predicted octanol–water partition coefficient (Wildman–Crippen LogP) is 3.26. The summed E-state index contributed by atoms with van der Waals surface area (Å²) < 4.78 is 11.0. The van der Waals surface area contributed by atoms with E-state index < -0.39 is 0 Å². The van der Waals surface area contributed by atoms with E-state index in [1.165, 1.54) is 24.8 Å². The molecule has 3 rings (SSSR count). The third kappa shape index (κ3) is 6.19. The van der Waals surface area contributed by atoms with Crippen LogP contribution in [0.5, 0.6) is 0 Å². The van der Waals surface area contributed by atoms with E-state index in [0.717, 1.165) is 58.1 Å². The largest absolute Gasteiger partial charge is 0.385 e. The van der Waals surface area contributed by atoms with Gasteiger partial charge in [0.15, 0.2) is 5.96 Å². The van der Waals surface area contributed by atoms with Crippen LogP contribution in [0.25, 0.3) is 0 Å². The summed E-state index contributed by atoms with van der Waals surface area (Å²) in [5, 5.41) is 11.1. The van der Waals surface area contributed by atoms with E-state index in [1.54, 1.807) is 7.11 Å². The Morgan fingerprint density at radius 1 is 1.10 bits per heavy atom. The van der Waals surface area contributed by atoms with Crippen LogP contribution < -0.4 is 16.0 Å². The van der Waals surface area contributed by atoms with E-state index in [1.807, 2.05) is 7.05 Å². The number of guanidine groups is 1. The number of benzene rings is 1. The smallest absolute Gasteiger partial charge is 0.191 e. The lowest BCUT2D eigenvalue weighted by Crippen LogP contribution is -2.58. The van der Waals surface area contributed by atoms with E-state index in [2.05, 4.69) is 58.2 Å². The molecule has 0 spiro atoms. The molecule has 1 aliphatic heterocycles. The molecule has 1 aromatic rings. The van der Waals surface area contributed by atoms with Gasteiger partial charge in [-0.3, -0.25) is 4.99 Å². The van der Waals surface area contributed by atoms with Crippen LogP contribution in [0.2, 0.25) is 0 Å². The van der Waals surface area contributed by atoms with Gasteiger partial charge < -0.3 is 25.4 Å². The van der Waals surface area contributed by atoms with Gasteiger partial charge in [0.05, 0.1) is 0 Å². The number of hydrogen-bond donors (Lipinski definition) is 3. The highest BCUT2D eigenvalue weighted by Gasteiger charge is 2.37. The maximum Gasteiger partial charge on any atom is 0.191 e. The number of rotatable bonds is 10. The molecule has 168 valence electrons. The first kappa shape index (κ1) is 23.0. The van der Waals surface area contributed by atoms with Crippen molar-refractivity contribution in [3.63, 3.8) is 0 Å². The van der Waals surface area contributed by atoms with Crippen molar-refractivity contribution >= 4 is 5.96 Å². The molecule has 1 unspecified atom stereocenters. The van der Waals surface area contributed by atoms with Gasteiger partial charge in [-0.25, -0.2) is 0 Å². The van der Waals surface area contributed by atoms with Gasteiger partial charge in [-0.1, -0.05) is 36.8 Å². The van der Waals surface area contributed by atoms with Crippen LogP contribution in [-0.4, -0.2) is 58.6 Å². The third-order valence-corrected chi connectivity index (χ3v) is 6.97. The Morgan fingerprint density at radius 3 is 2.40 bits per heavy atom. The van der Waals surface area contributed by atoms with Crippen LogP contribution >= 0.6 is 0 Å². The monoisotopic (exact) mass is 416 g/mol. The second-order valence-corrected chi connectivity index (χ2v) is 9.05. The quantitative estimate of drug-likeness (QED) is 0.404. The highest BCUT2D eigenvalue weighted by atomic mass is 16.5. The minimum absolute atomic E-state index is 0.00463. The highest BCUT2D eigenvalue weighted by Crippen LogP contribution is 2.43. The van der Waals surface area contributed by atoms with Crippen LogP contribution in [-0.2, 0) is 9.47 Å². The van der Waals surface area contributed by atoms with Gasteiger partial charge in [0.1, 0.15) is 0 Å². The van der Waals surface area contributed by atoms with E-state index >= 15 is 0 Å². The Bertz CT molecular complexity index is 654. The van der Waals surface area contributed by atoms with Crippen LogP contribution in [0.3, 0.4) is 0 Å². The zero-order chi connectivity index (χ0) is 21.3. The van der Waals surface area contributed by atoms with Crippen molar-refractivity contribution in [3.05, 3.63) is 35.9 Å². The maximum atomic E-state index is 5.67. The molecule has 1 aliphatic carbocycles. The van der Waals surface area contributed by atoms with E-state index in [4.69, 9.17) is 9.47 Å². The average molecular weight is 417 g/mol. The Kier molecular flexibility index (Phi) is 8.54. The summed E-state index contributed by atoms with van der Waals surface area (Å²) in [6, 6.07) is 10.9. The number of ether oxygens (including phenoxy) is 2. The van der Waals surface area contributed by atoms with Gasteiger partial charge >= 0.3 is 0 Å². The lowest BCUT2D eigenvalue weighted by atomic mass is 9.67. The molecule has 1 atom stereocenters. The molecule has 1 saturated heterocycles. The fraction of sp³-hybridized carbons (Fsp3) is 0.708. The van der Waals surface area contributed by atoms with E-state index in [-0.39, 0.29) is 11.6 Å². The Morgan fingerprint density at radius 2 is 1.80 bits per heavy atom. The summed E-state index contributed by atoms with van der Waals surface area (Å²) in [4.78, 5) is 4.49. The molecule has 1 heterocycles. The number of hydrogen-bond acceptors (Lipinski definition) is 4. The lowest BCUT2D eigenvalue weighted by molar-refractivity contribution is 0.0354. The van der Waals surface area contributed by atoms with Crippen LogP contribution in [0.15, 0.2) is 35.3 Å². The van der Waals surface area contributed by atoms with Crippen LogP contribution in [0.4, 0.5) is 0 Å². The van der Waals surface area contributed by atoms with Crippen molar-refractivity contribution in [1.82, 2.24) is 16.0 Å². The van der Waals surface area contributed by atoms with E-state index in [0.29, 0.717) is 5.41 Å². The number of methoxy groups -OCH3 is 1. The third-order valence-electron chi connectivity index (χ3n) is 6.97. The van der Waals surface area contributed by atoms with Crippen molar-refractivity contribution < 1.29 is 9.47 Å². The zero-order valence-corrected chi connectivity index (χ0v) is 19.0. The molecule has 0 amide bonds. The average Bonchev–Trinajstić information content (AvgIpc) is 2.76. The molecule has 1 aromatic carbocycles. The first-order chi connectivity index (χ1) is 14.6. The van der Waals surface area contributed by atoms with Crippen molar-refractivity contribution in [2.24, 2.45) is 10.4 Å². The number of nitrogens with one attached hydrogen (secondary N) is 3. The normalized spacial score (nSPS) is 21.5. The molecule has 6 nitrogen and oxygen atoms in total.